The van der Waals surface area contributed by atoms with Crippen LogP contribution < -0.4 is 5.73 Å². The second-order valence-electron chi connectivity index (χ2n) is 3.47. The number of nitrogens with one attached hydrogen (secondary N) is 1. The fourth-order valence-electron chi connectivity index (χ4n) is 1.56. The molecule has 0 aromatic carbocycles. The Hall–Kier alpha value is -1.36. The predicted molar refractivity (Wildman–Crippen MR) is 53.1 cm³/mol. The number of fused-ring (bicyclic) bond motifs is 1. The zero-order valence-electron chi connectivity index (χ0n) is 7.29. The highest BCUT2D eigenvalue weighted by molar-refractivity contribution is 6.28. The van der Waals surface area contributed by atoms with Gasteiger partial charge < -0.3 is 10.7 Å². The Kier molecular flexibility index (Phi) is 1.47. The van der Waals surface area contributed by atoms with Crippen LogP contribution >= 0.6 is 11.6 Å². The van der Waals surface area contributed by atoms with E-state index in [1.54, 1.807) is 0 Å². The van der Waals surface area contributed by atoms with Gasteiger partial charge in [-0.3, -0.25) is 0 Å². The first-order valence-electron chi connectivity index (χ1n) is 4.42. The van der Waals surface area contributed by atoms with E-state index in [1.807, 2.05) is 0 Å². The lowest BCUT2D eigenvalue weighted by Crippen LogP contribution is -1.92. The molecule has 1 aliphatic rings. The number of hydrogen-bond acceptors (Lipinski definition) is 4. The van der Waals surface area contributed by atoms with Gasteiger partial charge in [0.05, 0.1) is 5.69 Å². The van der Waals surface area contributed by atoms with E-state index in [-0.39, 0.29) is 5.28 Å². The Morgan fingerprint density at radius 1 is 1.29 bits per heavy atom. The van der Waals surface area contributed by atoms with Crippen LogP contribution in [0.25, 0.3) is 11.2 Å². The highest BCUT2D eigenvalue weighted by atomic mass is 35.5. The molecule has 0 spiro atoms. The van der Waals surface area contributed by atoms with Gasteiger partial charge in [-0.2, -0.15) is 9.97 Å². The smallest absolute Gasteiger partial charge is 0.224 e. The number of aromatic nitrogens is 4. The first kappa shape index (κ1) is 7.99. The molecule has 5 nitrogen and oxygen atoms in total. The molecule has 0 radical (unpaired) electrons. The number of imidazole rings is 1. The van der Waals surface area contributed by atoms with Crippen molar-refractivity contribution < 1.29 is 0 Å². The van der Waals surface area contributed by atoms with Crippen molar-refractivity contribution in [2.45, 2.75) is 18.8 Å². The minimum absolute atomic E-state index is 0.242. The Morgan fingerprint density at radius 2 is 2.07 bits per heavy atom. The summed E-state index contributed by atoms with van der Waals surface area (Å²) < 4.78 is 0. The Balaban J connectivity index is 2.33. The largest absolute Gasteiger partial charge is 0.369 e. The average Bonchev–Trinajstić information content (AvgIpc) is 2.87. The standard InChI is InChI=1S/C8H8ClN5/c9-7-11-4(3-1-2-3)5-6(13-7)14-8(10)12-5/h3H,1-2H2,(H3,10,11,12,13,14). The van der Waals surface area contributed by atoms with Crippen molar-refractivity contribution in [2.75, 3.05) is 5.73 Å². The summed E-state index contributed by atoms with van der Waals surface area (Å²) in [6, 6.07) is 0. The number of nitrogen functional groups attached to an aromatic ring is 1. The third-order valence-electron chi connectivity index (χ3n) is 2.33. The molecule has 14 heavy (non-hydrogen) atoms. The molecular formula is C8H8ClN5. The van der Waals surface area contributed by atoms with Crippen LogP contribution in [-0.4, -0.2) is 19.9 Å². The van der Waals surface area contributed by atoms with Crippen LogP contribution in [0, 0.1) is 0 Å². The van der Waals surface area contributed by atoms with Crippen LogP contribution in [0.15, 0.2) is 0 Å². The van der Waals surface area contributed by atoms with Gasteiger partial charge in [-0.05, 0) is 24.4 Å². The Morgan fingerprint density at radius 3 is 2.79 bits per heavy atom. The predicted octanol–water partition coefficient (Wildman–Crippen LogP) is 1.47. The monoisotopic (exact) mass is 209 g/mol. The molecular weight excluding hydrogens is 202 g/mol. The molecule has 0 saturated heterocycles. The maximum atomic E-state index is 5.79. The van der Waals surface area contributed by atoms with Gasteiger partial charge in [-0.1, -0.05) is 0 Å². The quantitative estimate of drug-likeness (QED) is 0.697. The van der Waals surface area contributed by atoms with Crippen molar-refractivity contribution in [1.29, 1.82) is 0 Å². The topological polar surface area (TPSA) is 80.5 Å². The lowest BCUT2D eigenvalue weighted by atomic mass is 10.2. The molecule has 3 N–H and O–H groups in total. The minimum atomic E-state index is 0.242. The summed E-state index contributed by atoms with van der Waals surface area (Å²) in [5.41, 5.74) is 7.89. The van der Waals surface area contributed by atoms with Crippen molar-refractivity contribution >= 4 is 28.7 Å². The van der Waals surface area contributed by atoms with E-state index in [1.165, 1.54) is 0 Å². The third-order valence-corrected chi connectivity index (χ3v) is 2.50. The molecule has 2 aromatic rings. The fourth-order valence-corrected chi connectivity index (χ4v) is 1.73. The van der Waals surface area contributed by atoms with Crippen molar-refractivity contribution in [3.63, 3.8) is 0 Å². The second kappa shape index (κ2) is 2.57. The highest BCUT2D eigenvalue weighted by Crippen LogP contribution is 2.41. The third kappa shape index (κ3) is 1.13. The van der Waals surface area contributed by atoms with Gasteiger partial charge in [-0.25, -0.2) is 4.98 Å². The number of aromatic amines is 1. The van der Waals surface area contributed by atoms with Crippen molar-refractivity contribution in [1.82, 2.24) is 19.9 Å². The van der Waals surface area contributed by atoms with Gasteiger partial charge >= 0.3 is 0 Å². The van der Waals surface area contributed by atoms with E-state index in [2.05, 4.69) is 19.9 Å². The van der Waals surface area contributed by atoms with E-state index in [0.717, 1.165) is 24.1 Å². The molecule has 1 saturated carbocycles. The number of rotatable bonds is 1. The van der Waals surface area contributed by atoms with E-state index in [9.17, 15) is 0 Å². The van der Waals surface area contributed by atoms with Gasteiger partial charge in [0.25, 0.3) is 0 Å². The van der Waals surface area contributed by atoms with E-state index in [0.29, 0.717) is 17.5 Å². The summed E-state index contributed by atoms with van der Waals surface area (Å²) in [6.07, 6.45) is 2.31. The van der Waals surface area contributed by atoms with E-state index in [4.69, 9.17) is 17.3 Å². The highest BCUT2D eigenvalue weighted by Gasteiger charge is 2.28. The molecule has 1 aliphatic carbocycles. The Labute approximate surface area is 84.7 Å². The van der Waals surface area contributed by atoms with Crippen LogP contribution in [0.4, 0.5) is 5.95 Å². The molecule has 0 amide bonds. The Bertz CT molecular complexity index is 502. The van der Waals surface area contributed by atoms with E-state index >= 15 is 0 Å². The maximum absolute atomic E-state index is 5.79. The van der Waals surface area contributed by atoms with Crippen LogP contribution in [0.1, 0.15) is 24.5 Å². The molecule has 2 aromatic heterocycles. The van der Waals surface area contributed by atoms with Gasteiger partial charge in [0.2, 0.25) is 5.28 Å². The van der Waals surface area contributed by atoms with Gasteiger partial charge in [0.1, 0.15) is 5.52 Å². The van der Waals surface area contributed by atoms with Crippen LogP contribution in [-0.2, 0) is 0 Å². The van der Waals surface area contributed by atoms with Crippen molar-refractivity contribution in [3.8, 4) is 0 Å². The number of H-pyrrole nitrogens is 1. The molecule has 72 valence electrons. The second-order valence-corrected chi connectivity index (χ2v) is 3.81. The maximum Gasteiger partial charge on any atom is 0.224 e. The van der Waals surface area contributed by atoms with E-state index < -0.39 is 0 Å². The molecule has 6 heteroatoms. The molecule has 0 bridgehead atoms. The zero-order chi connectivity index (χ0) is 9.71. The summed E-state index contributed by atoms with van der Waals surface area (Å²) in [4.78, 5) is 15.2. The summed E-state index contributed by atoms with van der Waals surface area (Å²) >= 11 is 5.79. The lowest BCUT2D eigenvalue weighted by molar-refractivity contribution is 1.01. The fraction of sp³-hybridized carbons (Fsp3) is 0.375. The van der Waals surface area contributed by atoms with Crippen molar-refractivity contribution in [3.05, 3.63) is 11.0 Å². The molecule has 1 fully saturated rings. The van der Waals surface area contributed by atoms with Gasteiger partial charge in [-0.15, -0.1) is 0 Å². The minimum Gasteiger partial charge on any atom is -0.369 e. The zero-order valence-corrected chi connectivity index (χ0v) is 8.04. The number of anilines is 1. The lowest BCUT2D eigenvalue weighted by Gasteiger charge is -1.98. The SMILES string of the molecule is Nc1nc2nc(Cl)nc(C3CC3)c2[nH]1. The van der Waals surface area contributed by atoms with Crippen molar-refractivity contribution in [2.24, 2.45) is 0 Å². The average molecular weight is 210 g/mol. The van der Waals surface area contributed by atoms with Crippen LogP contribution in [0.2, 0.25) is 5.28 Å². The molecule has 3 rings (SSSR count). The summed E-state index contributed by atoms with van der Waals surface area (Å²) in [6.45, 7) is 0. The molecule has 0 unspecified atom stereocenters. The van der Waals surface area contributed by atoms with Crippen LogP contribution in [0.3, 0.4) is 0 Å². The summed E-state index contributed by atoms with van der Waals surface area (Å²) in [7, 11) is 0. The van der Waals surface area contributed by atoms with Gasteiger partial charge in [0.15, 0.2) is 11.6 Å². The van der Waals surface area contributed by atoms with Crippen LogP contribution in [0.5, 0.6) is 0 Å². The summed E-state index contributed by atoms with van der Waals surface area (Å²) in [5.74, 6) is 0.858. The number of nitrogens with two attached hydrogens (primary N) is 1. The molecule has 0 aliphatic heterocycles. The summed E-state index contributed by atoms with van der Waals surface area (Å²) in [5, 5.41) is 0.242. The first-order valence-corrected chi connectivity index (χ1v) is 4.80. The molecule has 0 atom stereocenters. The number of nitrogens with zero attached hydrogens (tertiary/aromatic N) is 3. The molecule has 2 heterocycles. The number of halogens is 1. The van der Waals surface area contributed by atoms with Gasteiger partial charge in [0, 0.05) is 5.92 Å². The normalized spacial score (nSPS) is 16.4. The first-order chi connectivity index (χ1) is 6.74. The number of hydrogen-bond donors (Lipinski definition) is 2.